The summed E-state index contributed by atoms with van der Waals surface area (Å²) in [4.78, 5) is 28.5. The average Bonchev–Trinajstić information content (AvgIpc) is 2.64. The molecule has 80 valence electrons. The highest BCUT2D eigenvalue weighted by atomic mass is 17.4. The van der Waals surface area contributed by atoms with Gasteiger partial charge in [0, 0.05) is 0 Å². The van der Waals surface area contributed by atoms with Gasteiger partial charge in [0.15, 0.2) is 5.60 Å². The van der Waals surface area contributed by atoms with Gasteiger partial charge in [0.25, 0.3) is 0 Å². The molecule has 0 amide bonds. The number of hydrogen-bond donors (Lipinski definition) is 4. The smallest absolute Gasteiger partial charge is 0.367 e. The lowest BCUT2D eigenvalue weighted by atomic mass is 9.93. The number of aliphatic carboxylic acids is 2. The standard InChI is InChI=1S/C6H8O8/c7-3(8)1-5(11,2-4(9)10)6(12)13-14-6/h11-12H,1-2H2,(H,7,8)(H,9,10). The zero-order valence-electron chi connectivity index (χ0n) is 6.84. The van der Waals surface area contributed by atoms with Gasteiger partial charge in [-0.2, -0.15) is 9.78 Å². The largest absolute Gasteiger partial charge is 0.481 e. The van der Waals surface area contributed by atoms with Gasteiger partial charge in [0.2, 0.25) is 0 Å². The molecule has 4 N–H and O–H groups in total. The fourth-order valence-corrected chi connectivity index (χ4v) is 0.981. The Labute approximate surface area is 77.2 Å². The molecule has 0 aliphatic carbocycles. The minimum absolute atomic E-state index is 1.00. The molecule has 0 aromatic rings. The summed E-state index contributed by atoms with van der Waals surface area (Å²) in [6, 6.07) is 0. The first-order chi connectivity index (χ1) is 6.29. The minimum Gasteiger partial charge on any atom is -0.481 e. The van der Waals surface area contributed by atoms with Gasteiger partial charge in [0.05, 0.1) is 12.8 Å². The van der Waals surface area contributed by atoms with Gasteiger partial charge >= 0.3 is 17.9 Å². The Hall–Kier alpha value is -1.22. The van der Waals surface area contributed by atoms with Gasteiger partial charge < -0.3 is 20.4 Å². The van der Waals surface area contributed by atoms with Crippen molar-refractivity contribution >= 4 is 11.9 Å². The van der Waals surface area contributed by atoms with E-state index in [1.807, 2.05) is 0 Å². The van der Waals surface area contributed by atoms with Crippen molar-refractivity contribution in [2.45, 2.75) is 24.4 Å². The Morgan fingerprint density at radius 3 is 1.71 bits per heavy atom. The lowest BCUT2D eigenvalue weighted by Crippen LogP contribution is -2.48. The van der Waals surface area contributed by atoms with E-state index < -0.39 is 36.4 Å². The summed E-state index contributed by atoms with van der Waals surface area (Å²) in [5, 5.41) is 35.4. The lowest BCUT2D eigenvalue weighted by molar-refractivity contribution is -0.187. The van der Waals surface area contributed by atoms with Crippen molar-refractivity contribution in [2.24, 2.45) is 0 Å². The normalized spacial score (nSPS) is 19.0. The van der Waals surface area contributed by atoms with Crippen molar-refractivity contribution in [1.82, 2.24) is 0 Å². The summed E-state index contributed by atoms with van der Waals surface area (Å²) in [6.45, 7) is 0. The molecule has 1 aliphatic rings. The van der Waals surface area contributed by atoms with E-state index in [0.29, 0.717) is 0 Å². The van der Waals surface area contributed by atoms with Crippen LogP contribution in [0.3, 0.4) is 0 Å². The predicted molar refractivity (Wildman–Crippen MR) is 36.6 cm³/mol. The second-order valence-electron chi connectivity index (χ2n) is 2.92. The van der Waals surface area contributed by atoms with E-state index >= 15 is 0 Å². The number of aliphatic hydroxyl groups is 2. The van der Waals surface area contributed by atoms with Crippen LogP contribution in [-0.2, 0) is 19.4 Å². The molecule has 0 saturated carbocycles. The van der Waals surface area contributed by atoms with E-state index in [1.54, 1.807) is 0 Å². The Morgan fingerprint density at radius 2 is 1.50 bits per heavy atom. The zero-order chi connectivity index (χ0) is 11.0. The summed E-state index contributed by atoms with van der Waals surface area (Å²) < 4.78 is 0. The third kappa shape index (κ3) is 1.99. The van der Waals surface area contributed by atoms with Crippen LogP contribution in [0, 0.1) is 0 Å². The van der Waals surface area contributed by atoms with E-state index in [-0.39, 0.29) is 0 Å². The molecule has 0 unspecified atom stereocenters. The summed E-state index contributed by atoms with van der Waals surface area (Å²) in [6.07, 6.45) is -2.01. The van der Waals surface area contributed by atoms with E-state index in [9.17, 15) is 14.7 Å². The molecule has 1 fully saturated rings. The van der Waals surface area contributed by atoms with Crippen molar-refractivity contribution < 1.29 is 39.8 Å². The fraction of sp³-hybridized carbons (Fsp3) is 0.667. The monoisotopic (exact) mass is 208 g/mol. The van der Waals surface area contributed by atoms with Crippen LogP contribution in [0.25, 0.3) is 0 Å². The molecule has 0 spiro atoms. The van der Waals surface area contributed by atoms with E-state index in [4.69, 9.17) is 15.3 Å². The van der Waals surface area contributed by atoms with Crippen LogP contribution in [-0.4, -0.2) is 43.9 Å². The first-order valence-electron chi connectivity index (χ1n) is 3.54. The second kappa shape index (κ2) is 3.17. The van der Waals surface area contributed by atoms with Gasteiger partial charge in [0.1, 0.15) is 0 Å². The average molecular weight is 208 g/mol. The topological polar surface area (TPSA) is 140 Å². The van der Waals surface area contributed by atoms with Crippen LogP contribution in [0.15, 0.2) is 0 Å². The van der Waals surface area contributed by atoms with Crippen LogP contribution in [0.5, 0.6) is 0 Å². The molecule has 1 aliphatic heterocycles. The molecule has 0 atom stereocenters. The Morgan fingerprint density at radius 1 is 1.14 bits per heavy atom. The molecule has 0 aromatic carbocycles. The summed E-state index contributed by atoms with van der Waals surface area (Å²) >= 11 is 0. The third-order valence-corrected chi connectivity index (χ3v) is 1.72. The van der Waals surface area contributed by atoms with E-state index in [2.05, 4.69) is 9.78 Å². The van der Waals surface area contributed by atoms with Crippen molar-refractivity contribution in [2.75, 3.05) is 0 Å². The van der Waals surface area contributed by atoms with E-state index in [1.165, 1.54) is 0 Å². The molecular formula is C6H8O8. The molecule has 14 heavy (non-hydrogen) atoms. The predicted octanol–water partition coefficient (Wildman–Crippen LogP) is -1.73. The summed E-state index contributed by atoms with van der Waals surface area (Å²) in [7, 11) is 0. The number of hydrogen-bond acceptors (Lipinski definition) is 6. The maximum Gasteiger partial charge on any atom is 0.367 e. The Balaban J connectivity index is 2.78. The van der Waals surface area contributed by atoms with Crippen molar-refractivity contribution in [3.05, 3.63) is 0 Å². The van der Waals surface area contributed by atoms with Gasteiger partial charge in [-0.1, -0.05) is 0 Å². The highest BCUT2D eigenvalue weighted by Gasteiger charge is 2.66. The maximum atomic E-state index is 10.3. The molecule has 8 nitrogen and oxygen atoms in total. The Bertz CT molecular complexity index is 251. The highest BCUT2D eigenvalue weighted by Crippen LogP contribution is 2.41. The van der Waals surface area contributed by atoms with Crippen molar-refractivity contribution in [3.63, 3.8) is 0 Å². The second-order valence-corrected chi connectivity index (χ2v) is 2.92. The first-order valence-corrected chi connectivity index (χ1v) is 3.54. The SMILES string of the molecule is O=C(O)CC(O)(CC(=O)O)C1(O)OO1. The first kappa shape index (κ1) is 10.9. The van der Waals surface area contributed by atoms with Crippen molar-refractivity contribution in [3.8, 4) is 0 Å². The molecule has 8 heteroatoms. The Kier molecular flexibility index (Phi) is 2.46. The molecule has 1 heterocycles. The fourth-order valence-electron chi connectivity index (χ4n) is 0.981. The van der Waals surface area contributed by atoms with Crippen LogP contribution in [0.4, 0.5) is 0 Å². The summed E-state index contributed by atoms with van der Waals surface area (Å²) in [5.74, 6) is -5.51. The number of carboxylic acid groups (broad SMARTS) is 2. The van der Waals surface area contributed by atoms with Crippen LogP contribution in [0.1, 0.15) is 12.8 Å². The van der Waals surface area contributed by atoms with Gasteiger partial charge in [-0.25, -0.2) is 0 Å². The van der Waals surface area contributed by atoms with Crippen LogP contribution >= 0.6 is 0 Å². The van der Waals surface area contributed by atoms with Crippen LogP contribution in [0.2, 0.25) is 0 Å². The highest BCUT2D eigenvalue weighted by molar-refractivity contribution is 5.73. The minimum atomic E-state index is -2.54. The number of carbonyl (C=O) groups is 2. The van der Waals surface area contributed by atoms with Gasteiger partial charge in [-0.3, -0.25) is 9.59 Å². The molecule has 1 rings (SSSR count). The molecule has 1 saturated heterocycles. The zero-order valence-corrected chi connectivity index (χ0v) is 6.84. The molecule has 0 bridgehead atoms. The van der Waals surface area contributed by atoms with E-state index in [0.717, 1.165) is 0 Å². The molecule has 0 radical (unpaired) electrons. The number of rotatable bonds is 5. The quantitative estimate of drug-likeness (QED) is 0.308. The van der Waals surface area contributed by atoms with Crippen molar-refractivity contribution in [1.29, 1.82) is 0 Å². The van der Waals surface area contributed by atoms with Gasteiger partial charge in [-0.15, -0.1) is 0 Å². The lowest BCUT2D eigenvalue weighted by Gasteiger charge is -2.23. The maximum absolute atomic E-state index is 10.3. The third-order valence-electron chi connectivity index (χ3n) is 1.72. The van der Waals surface area contributed by atoms with Crippen LogP contribution < -0.4 is 0 Å². The molecular weight excluding hydrogens is 200 g/mol. The van der Waals surface area contributed by atoms with Gasteiger partial charge in [-0.05, 0) is 0 Å². The summed E-state index contributed by atoms with van der Waals surface area (Å²) in [5.41, 5.74) is -2.50. The molecule has 0 aromatic heterocycles. The number of carboxylic acids is 2.